The Morgan fingerprint density at radius 2 is 1.85 bits per heavy atom. The van der Waals surface area contributed by atoms with Gasteiger partial charge in [0.2, 0.25) is 11.9 Å². The molecular weight excluding hydrogens is 419 g/mol. The summed E-state index contributed by atoms with van der Waals surface area (Å²) in [5, 5.41) is 0. The fraction of sp³-hybridized carbons (Fsp3) is 0.400. The topological polar surface area (TPSA) is 75.1 Å². The predicted molar refractivity (Wildman–Crippen MR) is 124 cm³/mol. The van der Waals surface area contributed by atoms with Crippen molar-refractivity contribution in [1.82, 2.24) is 19.9 Å². The lowest BCUT2D eigenvalue weighted by Crippen LogP contribution is -2.36. The molecule has 0 saturated carbocycles. The molecular formula is C25H27FN6O. The summed E-state index contributed by atoms with van der Waals surface area (Å²) in [7, 11) is 0. The minimum Gasteiger partial charge on any atom is -0.340 e. The number of hydrogen-bond acceptors (Lipinski definition) is 6. The Labute approximate surface area is 192 Å². The zero-order chi connectivity index (χ0) is 23.1. The lowest BCUT2D eigenvalue weighted by atomic mass is 9.97. The predicted octanol–water partition coefficient (Wildman–Crippen LogP) is 3.80. The molecule has 1 aromatic carbocycles. The first-order chi connectivity index (χ1) is 15.9. The lowest BCUT2D eigenvalue weighted by Gasteiger charge is -2.32. The number of aryl methyl sites for hydroxylation is 3. The third kappa shape index (κ3) is 4.29. The monoisotopic (exact) mass is 446 g/mol. The average molecular weight is 447 g/mol. The summed E-state index contributed by atoms with van der Waals surface area (Å²) >= 11 is 0. The molecule has 2 aliphatic rings. The van der Waals surface area contributed by atoms with Gasteiger partial charge in [-0.25, -0.2) is 24.3 Å². The van der Waals surface area contributed by atoms with E-state index in [1.165, 1.54) is 12.1 Å². The van der Waals surface area contributed by atoms with Gasteiger partial charge in [-0.2, -0.15) is 0 Å². The average Bonchev–Trinajstić information content (AvgIpc) is 3.09. The Morgan fingerprint density at radius 1 is 1.06 bits per heavy atom. The quantitative estimate of drug-likeness (QED) is 0.607. The number of nitrogens with zero attached hydrogens (tertiary/aromatic N) is 6. The Bertz CT molecular complexity index is 1210. The highest BCUT2D eigenvalue weighted by atomic mass is 19.1. The minimum atomic E-state index is -0.310. The zero-order valence-electron chi connectivity index (χ0n) is 19.2. The maximum absolute atomic E-state index is 13.7. The maximum atomic E-state index is 13.7. The van der Waals surface area contributed by atoms with Crippen molar-refractivity contribution in [3.8, 4) is 0 Å². The van der Waals surface area contributed by atoms with Crippen molar-refractivity contribution < 1.29 is 9.18 Å². The number of carbonyl (C=O) groups excluding carboxylic acids is 1. The fourth-order valence-electron chi connectivity index (χ4n) is 4.78. The van der Waals surface area contributed by atoms with E-state index in [1.807, 2.05) is 32.9 Å². The number of piperidine rings is 1. The van der Waals surface area contributed by atoms with E-state index < -0.39 is 0 Å². The smallest absolute Gasteiger partial charge is 0.233 e. The molecule has 0 bridgehead atoms. The molecule has 8 heteroatoms. The number of anilines is 2. The van der Waals surface area contributed by atoms with Gasteiger partial charge in [0, 0.05) is 41.7 Å². The van der Waals surface area contributed by atoms with Crippen LogP contribution in [-0.2, 0) is 17.8 Å². The lowest BCUT2D eigenvalue weighted by molar-refractivity contribution is -0.117. The van der Waals surface area contributed by atoms with E-state index in [-0.39, 0.29) is 24.1 Å². The van der Waals surface area contributed by atoms with Crippen molar-refractivity contribution in [1.29, 1.82) is 0 Å². The molecule has 1 fully saturated rings. The van der Waals surface area contributed by atoms with Crippen LogP contribution in [0.25, 0.3) is 0 Å². The van der Waals surface area contributed by atoms with Crippen LogP contribution >= 0.6 is 0 Å². The fourth-order valence-corrected chi connectivity index (χ4v) is 4.78. The van der Waals surface area contributed by atoms with Gasteiger partial charge in [-0.1, -0.05) is 12.1 Å². The van der Waals surface area contributed by atoms with Gasteiger partial charge in [0.1, 0.15) is 17.5 Å². The van der Waals surface area contributed by atoms with Crippen molar-refractivity contribution in [3.05, 3.63) is 70.2 Å². The molecule has 1 atom stereocenters. The van der Waals surface area contributed by atoms with Crippen LogP contribution in [0.1, 0.15) is 52.8 Å². The van der Waals surface area contributed by atoms with E-state index in [0.29, 0.717) is 12.4 Å². The summed E-state index contributed by atoms with van der Waals surface area (Å²) in [6.45, 7) is 7.84. The highest BCUT2D eigenvalue weighted by molar-refractivity contribution is 6.00. The number of hydrogen-bond donors (Lipinski definition) is 0. The molecule has 33 heavy (non-hydrogen) atoms. The van der Waals surface area contributed by atoms with Gasteiger partial charge in [0.05, 0.1) is 13.0 Å². The van der Waals surface area contributed by atoms with Crippen LogP contribution in [0.5, 0.6) is 0 Å². The molecule has 0 radical (unpaired) electrons. The third-order valence-corrected chi connectivity index (χ3v) is 6.36. The molecule has 0 aliphatic carbocycles. The van der Waals surface area contributed by atoms with E-state index in [4.69, 9.17) is 9.97 Å². The van der Waals surface area contributed by atoms with Crippen molar-refractivity contribution in [2.75, 3.05) is 22.9 Å². The number of amides is 1. The highest BCUT2D eigenvalue weighted by Crippen LogP contribution is 2.34. The van der Waals surface area contributed by atoms with Crippen LogP contribution < -0.4 is 9.80 Å². The number of benzene rings is 1. The van der Waals surface area contributed by atoms with Crippen LogP contribution in [0.15, 0.2) is 30.3 Å². The molecule has 0 unspecified atom stereocenters. The summed E-state index contributed by atoms with van der Waals surface area (Å²) in [5.41, 5.74) is 4.35. The Hall–Kier alpha value is -3.42. The van der Waals surface area contributed by atoms with Crippen LogP contribution in [0.3, 0.4) is 0 Å². The molecule has 170 valence electrons. The minimum absolute atomic E-state index is 0.0299. The first-order valence-electron chi connectivity index (χ1n) is 11.4. The highest BCUT2D eigenvalue weighted by Gasteiger charge is 2.33. The normalized spacial score (nSPS) is 18.1. The summed E-state index contributed by atoms with van der Waals surface area (Å²) in [5.74, 6) is 1.94. The van der Waals surface area contributed by atoms with Gasteiger partial charge in [0.15, 0.2) is 0 Å². The molecule has 7 nitrogen and oxygen atoms in total. The first-order valence-corrected chi connectivity index (χ1v) is 11.4. The van der Waals surface area contributed by atoms with Crippen molar-refractivity contribution in [2.24, 2.45) is 0 Å². The second-order valence-electron chi connectivity index (χ2n) is 8.99. The number of halogens is 1. The molecule has 0 spiro atoms. The third-order valence-electron chi connectivity index (χ3n) is 6.36. The van der Waals surface area contributed by atoms with E-state index in [1.54, 1.807) is 11.0 Å². The van der Waals surface area contributed by atoms with Crippen molar-refractivity contribution in [2.45, 2.75) is 52.5 Å². The van der Waals surface area contributed by atoms with Crippen molar-refractivity contribution >= 4 is 17.7 Å². The molecule has 4 heterocycles. The van der Waals surface area contributed by atoms with Gasteiger partial charge in [-0.05, 0) is 57.4 Å². The number of aromatic nitrogens is 4. The zero-order valence-corrected chi connectivity index (χ0v) is 19.2. The Kier molecular flexibility index (Phi) is 5.52. The van der Waals surface area contributed by atoms with Gasteiger partial charge in [-0.3, -0.25) is 9.69 Å². The van der Waals surface area contributed by atoms with E-state index >= 15 is 0 Å². The largest absolute Gasteiger partial charge is 0.340 e. The Balaban J connectivity index is 1.43. The van der Waals surface area contributed by atoms with E-state index in [9.17, 15) is 9.18 Å². The molecule has 1 amide bonds. The standard InChI is InChI=1S/C25H27FN6O/c1-15-10-16(2)28-25(27-15)31-9-5-7-19(14-31)23-29-17(3)21-12-22(33)32(24(21)30-23)13-18-6-4-8-20(26)11-18/h4,6,8,10-11,19H,5,7,9,12-14H2,1-3H3/t19-/m1/s1. The SMILES string of the molecule is Cc1cc(C)nc(N2CCC[C@@H](c3nc(C)c4c(n3)N(Cc3cccc(F)c3)C(=O)C4)C2)n1. The molecule has 2 aliphatic heterocycles. The van der Waals surface area contributed by atoms with Crippen molar-refractivity contribution in [3.63, 3.8) is 0 Å². The molecule has 2 aromatic heterocycles. The summed E-state index contributed by atoms with van der Waals surface area (Å²) in [6, 6.07) is 8.33. The van der Waals surface area contributed by atoms with Gasteiger partial charge < -0.3 is 4.90 Å². The maximum Gasteiger partial charge on any atom is 0.233 e. The molecule has 5 rings (SSSR count). The second kappa shape index (κ2) is 8.50. The van der Waals surface area contributed by atoms with Crippen LogP contribution in [0, 0.1) is 26.6 Å². The van der Waals surface area contributed by atoms with Gasteiger partial charge in [0.25, 0.3) is 0 Å². The summed E-state index contributed by atoms with van der Waals surface area (Å²) in [4.78, 5) is 35.6. The molecule has 0 N–H and O–H groups in total. The van der Waals surface area contributed by atoms with Crippen LogP contribution in [0.4, 0.5) is 16.2 Å². The van der Waals surface area contributed by atoms with Gasteiger partial charge >= 0.3 is 0 Å². The number of carbonyl (C=O) groups is 1. The van der Waals surface area contributed by atoms with Gasteiger partial charge in [-0.15, -0.1) is 0 Å². The number of rotatable bonds is 4. The van der Waals surface area contributed by atoms with Crippen LogP contribution in [-0.4, -0.2) is 38.9 Å². The second-order valence-corrected chi connectivity index (χ2v) is 8.99. The summed E-state index contributed by atoms with van der Waals surface area (Å²) in [6.07, 6.45) is 2.24. The molecule has 1 saturated heterocycles. The molecule has 3 aromatic rings. The van der Waals surface area contributed by atoms with E-state index in [2.05, 4.69) is 14.9 Å². The first kappa shape index (κ1) is 21.4. The van der Waals surface area contributed by atoms with Crippen LogP contribution in [0.2, 0.25) is 0 Å². The number of fused-ring (bicyclic) bond motifs is 1. The summed E-state index contributed by atoms with van der Waals surface area (Å²) < 4.78 is 13.7. The Morgan fingerprint density at radius 3 is 2.61 bits per heavy atom. The van der Waals surface area contributed by atoms with E-state index in [0.717, 1.165) is 65.9 Å².